The van der Waals surface area contributed by atoms with Gasteiger partial charge in [-0.2, -0.15) is 0 Å². The van der Waals surface area contributed by atoms with Gasteiger partial charge in [-0.25, -0.2) is 0 Å². The molecule has 1 aromatic carbocycles. The number of nitrogens with zero attached hydrogens (tertiary/aromatic N) is 2. The van der Waals surface area contributed by atoms with Crippen LogP contribution in [0.5, 0.6) is 0 Å². The smallest absolute Gasteiger partial charge is 0.269 e. The Bertz CT molecular complexity index is 573. The van der Waals surface area contributed by atoms with E-state index in [1.54, 1.807) is 12.1 Å². The Balaban J connectivity index is 2.02. The Labute approximate surface area is 118 Å². The molecule has 2 aromatic rings. The molecule has 0 saturated carbocycles. The van der Waals surface area contributed by atoms with Gasteiger partial charge in [0.2, 0.25) is 0 Å². The van der Waals surface area contributed by atoms with Gasteiger partial charge in [0, 0.05) is 24.1 Å². The topological polar surface area (TPSA) is 59.5 Å². The number of furan rings is 1. The molecular formula is C15H18N2O3. The van der Waals surface area contributed by atoms with Crippen LogP contribution in [0.15, 0.2) is 40.8 Å². The summed E-state index contributed by atoms with van der Waals surface area (Å²) >= 11 is 0. The van der Waals surface area contributed by atoms with Crippen LogP contribution in [0.1, 0.15) is 12.2 Å². The first kappa shape index (κ1) is 14.3. The van der Waals surface area contributed by atoms with Crippen LogP contribution in [0, 0.1) is 10.1 Å². The van der Waals surface area contributed by atoms with Crippen molar-refractivity contribution in [2.24, 2.45) is 0 Å². The van der Waals surface area contributed by atoms with Crippen LogP contribution < -0.4 is 0 Å². The second-order valence-corrected chi connectivity index (χ2v) is 4.98. The lowest BCUT2D eigenvalue weighted by Crippen LogP contribution is -2.13. The zero-order chi connectivity index (χ0) is 14.5. The van der Waals surface area contributed by atoms with Crippen LogP contribution >= 0.6 is 0 Å². The second kappa shape index (κ2) is 6.34. The molecule has 0 N–H and O–H groups in total. The molecule has 0 fully saturated rings. The molecule has 20 heavy (non-hydrogen) atoms. The third-order valence-corrected chi connectivity index (χ3v) is 3.05. The largest absolute Gasteiger partial charge is 0.461 e. The van der Waals surface area contributed by atoms with E-state index in [0.29, 0.717) is 0 Å². The average Bonchev–Trinajstić information content (AvgIpc) is 2.87. The summed E-state index contributed by atoms with van der Waals surface area (Å²) < 4.78 is 5.76. The van der Waals surface area contributed by atoms with Crippen LogP contribution in [0.25, 0.3) is 11.3 Å². The van der Waals surface area contributed by atoms with E-state index in [9.17, 15) is 10.1 Å². The molecule has 0 spiro atoms. The highest BCUT2D eigenvalue weighted by molar-refractivity contribution is 5.59. The highest BCUT2D eigenvalue weighted by atomic mass is 16.6. The molecule has 0 atom stereocenters. The normalized spacial score (nSPS) is 10.9. The van der Waals surface area contributed by atoms with Gasteiger partial charge in [0.1, 0.15) is 11.5 Å². The number of benzene rings is 1. The maximum atomic E-state index is 10.6. The number of non-ortho nitro benzene ring substituents is 1. The molecule has 0 amide bonds. The van der Waals surface area contributed by atoms with Gasteiger partial charge in [-0.05, 0) is 51.3 Å². The number of hydrogen-bond donors (Lipinski definition) is 0. The Morgan fingerprint density at radius 1 is 1.15 bits per heavy atom. The first-order valence-electron chi connectivity index (χ1n) is 6.54. The van der Waals surface area contributed by atoms with Gasteiger partial charge in [-0.15, -0.1) is 0 Å². The minimum absolute atomic E-state index is 0.0894. The molecule has 0 saturated heterocycles. The van der Waals surface area contributed by atoms with Crippen LogP contribution in [0.2, 0.25) is 0 Å². The number of rotatable bonds is 6. The molecule has 0 aliphatic heterocycles. The first-order valence-corrected chi connectivity index (χ1v) is 6.54. The maximum absolute atomic E-state index is 10.6. The van der Waals surface area contributed by atoms with Crippen molar-refractivity contribution in [3.05, 3.63) is 52.3 Å². The summed E-state index contributed by atoms with van der Waals surface area (Å²) in [6, 6.07) is 10.3. The molecule has 0 aliphatic carbocycles. The highest BCUT2D eigenvalue weighted by Crippen LogP contribution is 2.24. The quantitative estimate of drug-likeness (QED) is 0.598. The third kappa shape index (κ3) is 3.68. The maximum Gasteiger partial charge on any atom is 0.269 e. The monoisotopic (exact) mass is 274 g/mol. The van der Waals surface area contributed by atoms with Crippen molar-refractivity contribution < 1.29 is 9.34 Å². The minimum atomic E-state index is -0.404. The van der Waals surface area contributed by atoms with Crippen molar-refractivity contribution in [2.45, 2.75) is 12.8 Å². The summed E-state index contributed by atoms with van der Waals surface area (Å²) in [4.78, 5) is 12.3. The van der Waals surface area contributed by atoms with Crippen molar-refractivity contribution >= 4 is 5.69 Å². The Morgan fingerprint density at radius 2 is 1.85 bits per heavy atom. The predicted octanol–water partition coefficient (Wildman–Crippen LogP) is 3.35. The number of nitro benzene ring substituents is 1. The predicted molar refractivity (Wildman–Crippen MR) is 77.7 cm³/mol. The van der Waals surface area contributed by atoms with Gasteiger partial charge < -0.3 is 9.32 Å². The van der Waals surface area contributed by atoms with E-state index in [2.05, 4.69) is 4.90 Å². The van der Waals surface area contributed by atoms with Crippen molar-refractivity contribution in [2.75, 3.05) is 20.6 Å². The summed E-state index contributed by atoms with van der Waals surface area (Å²) in [5, 5.41) is 10.6. The van der Waals surface area contributed by atoms with Gasteiger partial charge >= 0.3 is 0 Å². The molecule has 0 unspecified atom stereocenters. The van der Waals surface area contributed by atoms with E-state index in [0.717, 1.165) is 36.5 Å². The summed E-state index contributed by atoms with van der Waals surface area (Å²) in [5.74, 6) is 1.69. The molecule has 1 heterocycles. The zero-order valence-electron chi connectivity index (χ0n) is 11.7. The molecule has 0 bridgehead atoms. The van der Waals surface area contributed by atoms with Gasteiger partial charge in [0.05, 0.1) is 4.92 Å². The Hall–Kier alpha value is -2.14. The zero-order valence-corrected chi connectivity index (χ0v) is 11.7. The van der Waals surface area contributed by atoms with Gasteiger partial charge in [-0.3, -0.25) is 10.1 Å². The Kier molecular flexibility index (Phi) is 4.53. The van der Waals surface area contributed by atoms with Gasteiger partial charge in [-0.1, -0.05) is 0 Å². The van der Waals surface area contributed by atoms with Crippen LogP contribution in [0.4, 0.5) is 5.69 Å². The first-order chi connectivity index (χ1) is 9.56. The Morgan fingerprint density at radius 3 is 2.45 bits per heavy atom. The van der Waals surface area contributed by atoms with Crippen LogP contribution in [0.3, 0.4) is 0 Å². The highest BCUT2D eigenvalue weighted by Gasteiger charge is 2.08. The molecule has 106 valence electrons. The van der Waals surface area contributed by atoms with Crippen LogP contribution in [-0.4, -0.2) is 30.5 Å². The molecule has 0 aliphatic rings. The summed E-state index contributed by atoms with van der Waals surface area (Å²) in [5.41, 5.74) is 0.945. The standard InChI is InChI=1S/C15H18N2O3/c1-16(2)11-3-4-14-9-10-15(20-14)12-5-7-13(8-6-12)17(18)19/h5-10H,3-4,11H2,1-2H3. The summed E-state index contributed by atoms with van der Waals surface area (Å²) in [6.45, 7) is 1.02. The lowest BCUT2D eigenvalue weighted by Gasteiger charge is -2.07. The fourth-order valence-electron chi connectivity index (χ4n) is 1.98. The molecular weight excluding hydrogens is 256 g/mol. The van der Waals surface area contributed by atoms with Crippen molar-refractivity contribution in [1.82, 2.24) is 4.90 Å². The lowest BCUT2D eigenvalue weighted by atomic mass is 10.1. The van der Waals surface area contributed by atoms with E-state index in [1.165, 1.54) is 12.1 Å². The summed E-state index contributed by atoms with van der Waals surface area (Å²) in [7, 11) is 4.09. The lowest BCUT2D eigenvalue weighted by molar-refractivity contribution is -0.384. The third-order valence-electron chi connectivity index (χ3n) is 3.05. The number of hydrogen-bond acceptors (Lipinski definition) is 4. The molecule has 5 nitrogen and oxygen atoms in total. The SMILES string of the molecule is CN(C)CCCc1ccc(-c2ccc([N+](=O)[O-])cc2)o1. The number of aryl methyl sites for hydroxylation is 1. The van der Waals surface area contributed by atoms with E-state index >= 15 is 0 Å². The minimum Gasteiger partial charge on any atom is -0.461 e. The van der Waals surface area contributed by atoms with Gasteiger partial charge in [0.15, 0.2) is 0 Å². The van der Waals surface area contributed by atoms with E-state index in [1.807, 2.05) is 26.2 Å². The molecule has 1 aromatic heterocycles. The molecule has 0 radical (unpaired) electrons. The van der Waals surface area contributed by atoms with Crippen molar-refractivity contribution in [3.8, 4) is 11.3 Å². The fourth-order valence-corrected chi connectivity index (χ4v) is 1.98. The fraction of sp³-hybridized carbons (Fsp3) is 0.333. The van der Waals surface area contributed by atoms with Gasteiger partial charge in [0.25, 0.3) is 5.69 Å². The average molecular weight is 274 g/mol. The van der Waals surface area contributed by atoms with Crippen LogP contribution in [-0.2, 0) is 6.42 Å². The van der Waals surface area contributed by atoms with Crippen molar-refractivity contribution in [3.63, 3.8) is 0 Å². The molecule has 5 heteroatoms. The summed E-state index contributed by atoms with van der Waals surface area (Å²) in [6.07, 6.45) is 1.94. The number of nitro groups is 1. The molecule has 2 rings (SSSR count). The van der Waals surface area contributed by atoms with E-state index < -0.39 is 4.92 Å². The van der Waals surface area contributed by atoms with E-state index in [4.69, 9.17) is 4.42 Å². The van der Waals surface area contributed by atoms with E-state index in [-0.39, 0.29) is 5.69 Å². The van der Waals surface area contributed by atoms with Crippen molar-refractivity contribution in [1.29, 1.82) is 0 Å². The second-order valence-electron chi connectivity index (χ2n) is 4.98.